The van der Waals surface area contributed by atoms with E-state index in [1.54, 1.807) is 0 Å². The molecular formula is C18H24N2O6. The summed E-state index contributed by atoms with van der Waals surface area (Å²) in [6.45, 7) is 2.13. The van der Waals surface area contributed by atoms with Crippen LogP contribution >= 0.6 is 0 Å². The molecular weight excluding hydrogens is 340 g/mol. The van der Waals surface area contributed by atoms with E-state index in [0.717, 1.165) is 38.2 Å². The topological polar surface area (TPSA) is 124 Å². The number of aliphatic carboxylic acids is 1. The van der Waals surface area contributed by atoms with E-state index in [1.165, 1.54) is 24.6 Å². The number of carboxylic acids is 1. The number of unbranched alkanes of at least 4 members (excludes halogenated alkanes) is 5. The molecule has 142 valence electrons. The number of hydrogen-bond acceptors (Lipinski definition) is 5. The second kappa shape index (κ2) is 11.0. The third-order valence-corrected chi connectivity index (χ3v) is 4.06. The van der Waals surface area contributed by atoms with Crippen LogP contribution < -0.4 is 0 Å². The molecule has 0 aliphatic heterocycles. The number of rotatable bonds is 12. The second-order valence-corrected chi connectivity index (χ2v) is 6.09. The highest BCUT2D eigenvalue weighted by Crippen LogP contribution is 2.32. The zero-order chi connectivity index (χ0) is 19.5. The van der Waals surface area contributed by atoms with Gasteiger partial charge in [0.05, 0.1) is 9.85 Å². The van der Waals surface area contributed by atoms with Gasteiger partial charge in [-0.1, -0.05) is 45.1 Å². The maximum atomic E-state index is 11.3. The second-order valence-electron chi connectivity index (χ2n) is 6.09. The van der Waals surface area contributed by atoms with Crippen LogP contribution in [-0.2, 0) is 17.6 Å². The summed E-state index contributed by atoms with van der Waals surface area (Å²) in [4.78, 5) is 31.9. The molecule has 8 nitrogen and oxygen atoms in total. The summed E-state index contributed by atoms with van der Waals surface area (Å²) < 4.78 is 0. The molecule has 0 heterocycles. The first-order chi connectivity index (χ1) is 12.4. The number of hydrogen-bond donors (Lipinski definition) is 1. The largest absolute Gasteiger partial charge is 0.478 e. The van der Waals surface area contributed by atoms with Crippen LogP contribution in [0.3, 0.4) is 0 Å². The first kappa shape index (κ1) is 21.3. The summed E-state index contributed by atoms with van der Waals surface area (Å²) in [6, 6.07) is 2.73. The zero-order valence-corrected chi connectivity index (χ0v) is 14.8. The van der Waals surface area contributed by atoms with Crippen LogP contribution in [0.2, 0.25) is 0 Å². The summed E-state index contributed by atoms with van der Waals surface area (Å²) in [7, 11) is 0. The SMILES string of the molecule is CCCCCCCCc1cc([N+](=O)[O-])c(CC=CC(=O)O)c([N+](=O)[O-])c1. The van der Waals surface area contributed by atoms with E-state index in [1.807, 2.05) is 0 Å². The Hall–Kier alpha value is -2.77. The van der Waals surface area contributed by atoms with Crippen LogP contribution in [0.15, 0.2) is 24.3 Å². The molecule has 0 aliphatic rings. The number of nitro groups is 2. The lowest BCUT2D eigenvalue weighted by Crippen LogP contribution is -2.03. The number of carbonyl (C=O) groups is 1. The number of nitro benzene ring substituents is 2. The van der Waals surface area contributed by atoms with Crippen molar-refractivity contribution in [1.82, 2.24) is 0 Å². The number of nitrogens with zero attached hydrogens (tertiary/aromatic N) is 2. The lowest BCUT2D eigenvalue weighted by Gasteiger charge is -2.07. The molecule has 1 aromatic rings. The fraction of sp³-hybridized carbons (Fsp3) is 0.500. The Bertz CT molecular complexity index is 649. The quantitative estimate of drug-likeness (QED) is 0.250. The number of benzene rings is 1. The van der Waals surface area contributed by atoms with Crippen molar-refractivity contribution in [1.29, 1.82) is 0 Å². The molecule has 0 unspecified atom stereocenters. The van der Waals surface area contributed by atoms with Gasteiger partial charge in [-0.3, -0.25) is 20.2 Å². The van der Waals surface area contributed by atoms with Gasteiger partial charge in [0.1, 0.15) is 5.56 Å². The molecule has 0 fully saturated rings. The monoisotopic (exact) mass is 364 g/mol. The van der Waals surface area contributed by atoms with Crippen LogP contribution in [0.5, 0.6) is 0 Å². The van der Waals surface area contributed by atoms with Crippen LogP contribution in [0.4, 0.5) is 11.4 Å². The molecule has 1 rings (SSSR count). The lowest BCUT2D eigenvalue weighted by atomic mass is 9.99. The molecule has 0 saturated carbocycles. The van der Waals surface area contributed by atoms with Crippen LogP contribution in [0.25, 0.3) is 0 Å². The predicted octanol–water partition coefficient (Wildman–Crippen LogP) is 4.59. The van der Waals surface area contributed by atoms with E-state index < -0.39 is 15.8 Å². The first-order valence-corrected chi connectivity index (χ1v) is 8.70. The standard InChI is InChI=1S/C18H24N2O6/c1-2-3-4-5-6-7-9-14-12-16(19(23)24)15(10-8-11-18(21)22)17(13-14)20(25)26/h8,11-13H,2-7,9-10H2,1H3,(H,21,22). The fourth-order valence-corrected chi connectivity index (χ4v) is 2.76. The molecule has 0 aliphatic carbocycles. The van der Waals surface area contributed by atoms with Crippen molar-refractivity contribution in [3.8, 4) is 0 Å². The van der Waals surface area contributed by atoms with Gasteiger partial charge in [0.25, 0.3) is 11.4 Å². The minimum atomic E-state index is -1.21. The Kier molecular flexibility index (Phi) is 8.97. The highest BCUT2D eigenvalue weighted by Gasteiger charge is 2.25. The first-order valence-electron chi connectivity index (χ1n) is 8.70. The van der Waals surface area contributed by atoms with Gasteiger partial charge in [0.2, 0.25) is 0 Å². The maximum absolute atomic E-state index is 11.3. The molecule has 0 aromatic heterocycles. The molecule has 26 heavy (non-hydrogen) atoms. The molecule has 1 N–H and O–H groups in total. The third-order valence-electron chi connectivity index (χ3n) is 4.06. The third kappa shape index (κ3) is 7.00. The minimum Gasteiger partial charge on any atom is -0.478 e. The number of carboxylic acid groups (broad SMARTS) is 1. The highest BCUT2D eigenvalue weighted by atomic mass is 16.6. The number of aryl methyl sites for hydroxylation is 1. The van der Waals surface area contributed by atoms with Crippen LogP contribution in [0.1, 0.15) is 56.6 Å². The van der Waals surface area contributed by atoms with Crippen molar-refractivity contribution in [2.45, 2.75) is 58.3 Å². The fourth-order valence-electron chi connectivity index (χ4n) is 2.76. The Morgan fingerprint density at radius 3 is 2.08 bits per heavy atom. The van der Waals surface area contributed by atoms with Gasteiger partial charge >= 0.3 is 5.97 Å². The molecule has 0 spiro atoms. The van der Waals surface area contributed by atoms with Crippen molar-refractivity contribution in [2.75, 3.05) is 0 Å². The van der Waals surface area contributed by atoms with E-state index in [4.69, 9.17) is 5.11 Å². The summed E-state index contributed by atoms with van der Waals surface area (Å²) in [5.74, 6) is -1.21. The molecule has 1 aromatic carbocycles. The average Bonchev–Trinajstić information content (AvgIpc) is 2.57. The molecule has 0 atom stereocenters. The zero-order valence-electron chi connectivity index (χ0n) is 14.8. The molecule has 0 radical (unpaired) electrons. The van der Waals surface area contributed by atoms with Crippen LogP contribution in [0, 0.1) is 20.2 Å². The van der Waals surface area contributed by atoms with E-state index in [-0.39, 0.29) is 23.4 Å². The van der Waals surface area contributed by atoms with Crippen molar-refractivity contribution < 1.29 is 19.7 Å². The van der Waals surface area contributed by atoms with Gasteiger partial charge in [-0.25, -0.2) is 4.79 Å². The highest BCUT2D eigenvalue weighted by molar-refractivity contribution is 5.79. The summed E-state index contributed by atoms with van der Waals surface area (Å²) >= 11 is 0. The van der Waals surface area contributed by atoms with Crippen LogP contribution in [-0.4, -0.2) is 20.9 Å². The predicted molar refractivity (Wildman–Crippen MR) is 97.3 cm³/mol. The van der Waals surface area contributed by atoms with Gasteiger partial charge in [0.15, 0.2) is 0 Å². The Morgan fingerprint density at radius 1 is 1.04 bits per heavy atom. The Balaban J connectivity index is 2.99. The normalized spacial score (nSPS) is 11.0. The van der Waals surface area contributed by atoms with Gasteiger partial charge in [0, 0.05) is 24.6 Å². The smallest absolute Gasteiger partial charge is 0.327 e. The van der Waals surface area contributed by atoms with Crippen molar-refractivity contribution in [3.05, 3.63) is 55.6 Å². The average molecular weight is 364 g/mol. The van der Waals surface area contributed by atoms with Crippen molar-refractivity contribution in [3.63, 3.8) is 0 Å². The van der Waals surface area contributed by atoms with E-state index in [9.17, 15) is 25.0 Å². The van der Waals surface area contributed by atoms with E-state index in [0.29, 0.717) is 12.0 Å². The van der Waals surface area contributed by atoms with Gasteiger partial charge in [-0.2, -0.15) is 0 Å². The van der Waals surface area contributed by atoms with Gasteiger partial charge < -0.3 is 5.11 Å². The number of allylic oxidation sites excluding steroid dienone is 1. The van der Waals surface area contributed by atoms with Gasteiger partial charge in [-0.15, -0.1) is 0 Å². The summed E-state index contributed by atoms with van der Waals surface area (Å²) in [5.41, 5.74) is -0.195. The molecule has 0 amide bonds. The van der Waals surface area contributed by atoms with Gasteiger partial charge in [-0.05, 0) is 18.4 Å². The Morgan fingerprint density at radius 2 is 1.58 bits per heavy atom. The van der Waals surface area contributed by atoms with Crippen molar-refractivity contribution in [2.24, 2.45) is 0 Å². The molecule has 8 heteroatoms. The Labute approximate surface area is 151 Å². The lowest BCUT2D eigenvalue weighted by molar-refractivity contribution is -0.395. The summed E-state index contributed by atoms with van der Waals surface area (Å²) in [6.07, 6.45) is 8.69. The maximum Gasteiger partial charge on any atom is 0.327 e. The molecule has 0 saturated heterocycles. The molecule has 0 bridgehead atoms. The van der Waals surface area contributed by atoms with E-state index >= 15 is 0 Å². The van der Waals surface area contributed by atoms with Crippen molar-refractivity contribution >= 4 is 17.3 Å². The minimum absolute atomic E-state index is 0.0794. The summed E-state index contributed by atoms with van der Waals surface area (Å²) in [5, 5.41) is 31.3. The van der Waals surface area contributed by atoms with E-state index in [2.05, 4.69) is 6.92 Å².